The molecule has 0 aliphatic heterocycles. The Morgan fingerprint density at radius 1 is 0.857 bits per heavy atom. The molecule has 0 aliphatic carbocycles. The van der Waals surface area contributed by atoms with E-state index in [1.165, 1.54) is 0 Å². The lowest BCUT2D eigenvalue weighted by Gasteiger charge is -2.14. The third-order valence-corrected chi connectivity index (χ3v) is 5.81. The van der Waals surface area contributed by atoms with E-state index in [4.69, 9.17) is 16.3 Å². The van der Waals surface area contributed by atoms with Gasteiger partial charge in [-0.3, -0.25) is 9.59 Å². The summed E-state index contributed by atoms with van der Waals surface area (Å²) in [5, 5.41) is 8.04. The predicted molar refractivity (Wildman–Crippen MR) is 140 cm³/mol. The average Bonchev–Trinajstić information content (AvgIpc) is 2.89. The van der Waals surface area contributed by atoms with Crippen molar-refractivity contribution in [2.75, 3.05) is 6.61 Å². The molecule has 4 rings (SSSR count). The van der Waals surface area contributed by atoms with Crippen molar-refractivity contribution < 1.29 is 14.3 Å². The minimum Gasteiger partial charge on any atom is -0.493 e. The largest absolute Gasteiger partial charge is 0.493 e. The van der Waals surface area contributed by atoms with Crippen LogP contribution in [0.4, 0.5) is 0 Å². The molecule has 0 saturated carbocycles. The molecule has 0 unspecified atom stereocenters. The van der Waals surface area contributed by atoms with E-state index in [1.807, 2.05) is 67.6 Å². The zero-order chi connectivity index (χ0) is 24.6. The van der Waals surface area contributed by atoms with Crippen LogP contribution in [0, 0.1) is 0 Å². The van der Waals surface area contributed by atoms with Gasteiger partial charge in [-0.2, -0.15) is 0 Å². The van der Waals surface area contributed by atoms with Crippen LogP contribution in [0.2, 0.25) is 5.02 Å². The third kappa shape index (κ3) is 5.89. The molecule has 0 aliphatic rings. The highest BCUT2D eigenvalue weighted by Crippen LogP contribution is 2.30. The van der Waals surface area contributed by atoms with E-state index >= 15 is 0 Å². The lowest BCUT2D eigenvalue weighted by molar-refractivity contribution is -0.117. The highest BCUT2D eigenvalue weighted by Gasteiger charge is 2.16. The van der Waals surface area contributed by atoms with E-state index in [9.17, 15) is 9.59 Å². The van der Waals surface area contributed by atoms with Crippen LogP contribution in [0.5, 0.6) is 5.75 Å². The topological polar surface area (TPSA) is 67.4 Å². The van der Waals surface area contributed by atoms with Crippen LogP contribution >= 0.6 is 11.6 Å². The number of hydrogen-bond acceptors (Lipinski definition) is 3. The number of amides is 2. The smallest absolute Gasteiger partial charge is 0.268 e. The Labute approximate surface area is 209 Å². The van der Waals surface area contributed by atoms with E-state index in [1.54, 1.807) is 36.4 Å². The molecule has 0 saturated heterocycles. The maximum Gasteiger partial charge on any atom is 0.268 e. The summed E-state index contributed by atoms with van der Waals surface area (Å²) >= 11 is 6.24. The van der Waals surface area contributed by atoms with Gasteiger partial charge in [0.1, 0.15) is 11.4 Å². The van der Waals surface area contributed by atoms with Gasteiger partial charge in [0.15, 0.2) is 0 Å². The highest BCUT2D eigenvalue weighted by molar-refractivity contribution is 6.31. The first-order chi connectivity index (χ1) is 17.1. The number of carbonyl (C=O) groups is 2. The molecule has 35 heavy (non-hydrogen) atoms. The summed E-state index contributed by atoms with van der Waals surface area (Å²) in [5.74, 6) is -0.0366. The summed E-state index contributed by atoms with van der Waals surface area (Å²) in [6.07, 6.45) is 1.68. The van der Waals surface area contributed by atoms with Gasteiger partial charge in [0.05, 0.1) is 6.61 Å². The van der Waals surface area contributed by atoms with E-state index in [2.05, 4.69) is 10.6 Å². The fourth-order valence-electron chi connectivity index (χ4n) is 3.71. The lowest BCUT2D eigenvalue weighted by atomic mass is 10.0. The summed E-state index contributed by atoms with van der Waals surface area (Å²) in [4.78, 5) is 26.2. The summed E-state index contributed by atoms with van der Waals surface area (Å²) in [6.45, 7) is 2.70. The summed E-state index contributed by atoms with van der Waals surface area (Å²) in [7, 11) is 0. The third-order valence-electron chi connectivity index (χ3n) is 5.44. The maximum absolute atomic E-state index is 13.2. The van der Waals surface area contributed by atoms with Crippen molar-refractivity contribution in [3.8, 4) is 5.75 Å². The van der Waals surface area contributed by atoms with E-state index in [0.717, 1.165) is 27.6 Å². The second-order valence-corrected chi connectivity index (χ2v) is 8.19. The van der Waals surface area contributed by atoms with Gasteiger partial charge in [0, 0.05) is 22.5 Å². The van der Waals surface area contributed by atoms with Crippen molar-refractivity contribution in [1.82, 2.24) is 10.6 Å². The zero-order valence-corrected chi connectivity index (χ0v) is 20.0. The molecule has 0 fully saturated rings. The number of hydrogen-bond donors (Lipinski definition) is 2. The number of ether oxygens (including phenoxy) is 1. The number of rotatable bonds is 8. The van der Waals surface area contributed by atoms with E-state index in [-0.39, 0.29) is 18.1 Å². The molecule has 0 aromatic heterocycles. The molecule has 2 N–H and O–H groups in total. The first kappa shape index (κ1) is 24.0. The first-order valence-electron chi connectivity index (χ1n) is 11.3. The minimum atomic E-state index is -0.424. The van der Waals surface area contributed by atoms with Crippen molar-refractivity contribution in [3.05, 3.63) is 118 Å². The first-order valence-corrected chi connectivity index (χ1v) is 11.7. The Morgan fingerprint density at radius 3 is 2.29 bits per heavy atom. The van der Waals surface area contributed by atoms with Crippen LogP contribution in [-0.4, -0.2) is 18.4 Å². The summed E-state index contributed by atoms with van der Waals surface area (Å²) in [6, 6.07) is 27.6. The van der Waals surface area contributed by atoms with Crippen LogP contribution in [0.3, 0.4) is 0 Å². The molecule has 4 aromatic rings. The quantitative estimate of drug-likeness (QED) is 0.302. The predicted octanol–water partition coefficient (Wildman–Crippen LogP) is 5.98. The highest BCUT2D eigenvalue weighted by atomic mass is 35.5. The zero-order valence-electron chi connectivity index (χ0n) is 19.3. The molecular weight excluding hydrogens is 460 g/mol. The van der Waals surface area contributed by atoms with Gasteiger partial charge in [-0.1, -0.05) is 78.3 Å². The van der Waals surface area contributed by atoms with Crippen LogP contribution in [0.15, 0.2) is 96.7 Å². The van der Waals surface area contributed by atoms with Gasteiger partial charge in [0.2, 0.25) is 0 Å². The Bertz CT molecular complexity index is 1380. The number of halogens is 1. The molecule has 5 nitrogen and oxygen atoms in total. The summed E-state index contributed by atoms with van der Waals surface area (Å²) in [5.41, 5.74) is 2.14. The number of fused-ring (bicyclic) bond motifs is 1. The standard InChI is InChI=1S/C29H25ClN2O3/c1-2-35-27-17-16-21(23-13-7-8-14-24(23)27)18-26(32-28(33)20-10-4-3-5-11-20)29(34)31-19-22-12-6-9-15-25(22)30/h3-18H,2,19H2,1H3,(H,31,34)(H,32,33)/b26-18-. The number of benzene rings is 4. The fourth-order valence-corrected chi connectivity index (χ4v) is 3.91. The average molecular weight is 485 g/mol. The molecule has 6 heteroatoms. The molecule has 0 radical (unpaired) electrons. The SMILES string of the molecule is CCOc1ccc(/C=C(\NC(=O)c2ccccc2)C(=O)NCc2ccccc2Cl)c2ccccc12. The Balaban J connectivity index is 1.69. The lowest BCUT2D eigenvalue weighted by Crippen LogP contribution is -2.34. The van der Waals surface area contributed by atoms with Crippen molar-refractivity contribution in [1.29, 1.82) is 0 Å². The van der Waals surface area contributed by atoms with Gasteiger partial charge in [-0.15, -0.1) is 0 Å². The minimum absolute atomic E-state index is 0.125. The normalized spacial score (nSPS) is 11.2. The molecule has 0 atom stereocenters. The van der Waals surface area contributed by atoms with E-state index < -0.39 is 5.91 Å². The van der Waals surface area contributed by atoms with Gasteiger partial charge >= 0.3 is 0 Å². The fraction of sp³-hybridized carbons (Fsp3) is 0.103. The van der Waals surface area contributed by atoms with Crippen molar-refractivity contribution >= 4 is 40.3 Å². The Kier molecular flexibility index (Phi) is 7.81. The van der Waals surface area contributed by atoms with Gasteiger partial charge in [0.25, 0.3) is 11.8 Å². The maximum atomic E-state index is 13.2. The second-order valence-electron chi connectivity index (χ2n) is 7.78. The van der Waals surface area contributed by atoms with Gasteiger partial charge < -0.3 is 15.4 Å². The monoisotopic (exact) mass is 484 g/mol. The Morgan fingerprint density at radius 2 is 1.54 bits per heavy atom. The molecule has 0 spiro atoms. The van der Waals surface area contributed by atoms with Gasteiger partial charge in [-0.25, -0.2) is 0 Å². The van der Waals surface area contributed by atoms with Crippen molar-refractivity contribution in [2.24, 2.45) is 0 Å². The summed E-state index contributed by atoms with van der Waals surface area (Å²) < 4.78 is 5.77. The van der Waals surface area contributed by atoms with Crippen LogP contribution < -0.4 is 15.4 Å². The van der Waals surface area contributed by atoms with Crippen LogP contribution in [0.1, 0.15) is 28.4 Å². The van der Waals surface area contributed by atoms with Crippen LogP contribution in [0.25, 0.3) is 16.8 Å². The molecule has 0 bridgehead atoms. The second kappa shape index (κ2) is 11.4. The molecule has 176 valence electrons. The molecule has 2 amide bonds. The molecule has 4 aromatic carbocycles. The molecular formula is C29H25ClN2O3. The Hall–Kier alpha value is -4.09. The molecule has 0 heterocycles. The van der Waals surface area contributed by atoms with Gasteiger partial charge in [-0.05, 0) is 53.8 Å². The van der Waals surface area contributed by atoms with Crippen LogP contribution in [-0.2, 0) is 11.3 Å². The van der Waals surface area contributed by atoms with Crippen molar-refractivity contribution in [3.63, 3.8) is 0 Å². The van der Waals surface area contributed by atoms with Crippen molar-refractivity contribution in [2.45, 2.75) is 13.5 Å². The number of nitrogens with one attached hydrogen (secondary N) is 2. The number of carbonyl (C=O) groups excluding carboxylic acids is 2. The van der Waals surface area contributed by atoms with E-state index in [0.29, 0.717) is 17.2 Å².